The van der Waals surface area contributed by atoms with Crippen molar-refractivity contribution >= 4 is 33.2 Å². The zero-order valence-corrected chi connectivity index (χ0v) is 9.40. The number of nitrogens with two attached hydrogens (primary N) is 1. The average Bonchev–Trinajstić information content (AvgIpc) is 2.62. The second-order valence-corrected chi connectivity index (χ2v) is 4.62. The van der Waals surface area contributed by atoms with E-state index < -0.39 is 0 Å². The molecule has 2 nitrogen and oxygen atoms in total. The molecule has 1 unspecified atom stereocenters. The SMILES string of the molecule is CCC(N)c1nc2c(Cl)cccc2s1. The van der Waals surface area contributed by atoms with Crippen LogP contribution in [0.4, 0.5) is 0 Å². The third-order valence-corrected chi connectivity index (χ3v) is 3.60. The molecule has 0 amide bonds. The largest absolute Gasteiger partial charge is 0.322 e. The molecule has 74 valence electrons. The molecule has 0 aliphatic carbocycles. The van der Waals surface area contributed by atoms with Crippen LogP contribution in [0.3, 0.4) is 0 Å². The number of rotatable bonds is 2. The van der Waals surface area contributed by atoms with Gasteiger partial charge in [-0.15, -0.1) is 11.3 Å². The highest BCUT2D eigenvalue weighted by Gasteiger charge is 2.11. The molecule has 14 heavy (non-hydrogen) atoms. The summed E-state index contributed by atoms with van der Waals surface area (Å²) in [5, 5.41) is 1.67. The zero-order chi connectivity index (χ0) is 10.1. The van der Waals surface area contributed by atoms with E-state index in [9.17, 15) is 0 Å². The Morgan fingerprint density at radius 1 is 1.57 bits per heavy atom. The average molecular weight is 227 g/mol. The second-order valence-electron chi connectivity index (χ2n) is 3.15. The fourth-order valence-electron chi connectivity index (χ4n) is 1.27. The number of benzene rings is 1. The van der Waals surface area contributed by atoms with Crippen molar-refractivity contribution in [3.05, 3.63) is 28.2 Å². The molecule has 1 aromatic carbocycles. The summed E-state index contributed by atoms with van der Waals surface area (Å²) >= 11 is 7.65. The topological polar surface area (TPSA) is 38.9 Å². The van der Waals surface area contributed by atoms with Gasteiger partial charge in [-0.2, -0.15) is 0 Å². The van der Waals surface area contributed by atoms with Gasteiger partial charge < -0.3 is 5.73 Å². The molecule has 2 aromatic rings. The first-order chi connectivity index (χ1) is 6.72. The lowest BCUT2D eigenvalue weighted by Gasteiger charge is -2.01. The van der Waals surface area contributed by atoms with E-state index in [0.29, 0.717) is 5.02 Å². The highest BCUT2D eigenvalue weighted by Crippen LogP contribution is 2.30. The lowest BCUT2D eigenvalue weighted by molar-refractivity contribution is 0.694. The molecule has 1 aromatic heterocycles. The molecule has 4 heteroatoms. The number of aromatic nitrogens is 1. The molecule has 1 heterocycles. The molecule has 2 N–H and O–H groups in total. The summed E-state index contributed by atoms with van der Waals surface area (Å²) in [6.07, 6.45) is 0.900. The van der Waals surface area contributed by atoms with E-state index in [1.165, 1.54) is 0 Å². The molecule has 2 rings (SSSR count). The van der Waals surface area contributed by atoms with Crippen LogP contribution in [0.15, 0.2) is 18.2 Å². The highest BCUT2D eigenvalue weighted by molar-refractivity contribution is 7.18. The summed E-state index contributed by atoms with van der Waals surface area (Å²) in [6.45, 7) is 2.05. The zero-order valence-electron chi connectivity index (χ0n) is 7.83. The van der Waals surface area contributed by atoms with Crippen molar-refractivity contribution in [2.45, 2.75) is 19.4 Å². The minimum absolute atomic E-state index is 0.0310. The van der Waals surface area contributed by atoms with Crippen LogP contribution in [-0.4, -0.2) is 4.98 Å². The van der Waals surface area contributed by atoms with E-state index in [2.05, 4.69) is 11.9 Å². The van der Waals surface area contributed by atoms with E-state index in [4.69, 9.17) is 17.3 Å². The van der Waals surface area contributed by atoms with Gasteiger partial charge in [-0.3, -0.25) is 0 Å². The van der Waals surface area contributed by atoms with Crippen LogP contribution in [0.25, 0.3) is 10.2 Å². The van der Waals surface area contributed by atoms with Gasteiger partial charge >= 0.3 is 0 Å². The van der Waals surface area contributed by atoms with Crippen molar-refractivity contribution < 1.29 is 0 Å². The summed E-state index contributed by atoms with van der Waals surface area (Å²) < 4.78 is 1.11. The van der Waals surface area contributed by atoms with Gasteiger partial charge in [0, 0.05) is 0 Å². The fraction of sp³-hybridized carbons (Fsp3) is 0.300. The van der Waals surface area contributed by atoms with Crippen LogP contribution in [0, 0.1) is 0 Å². The molecule has 0 saturated carbocycles. The Kier molecular flexibility index (Phi) is 2.72. The van der Waals surface area contributed by atoms with E-state index in [1.54, 1.807) is 11.3 Å². The van der Waals surface area contributed by atoms with Gasteiger partial charge in [0.2, 0.25) is 0 Å². The number of para-hydroxylation sites is 1. The van der Waals surface area contributed by atoms with Gasteiger partial charge in [0.05, 0.1) is 15.8 Å². The second kappa shape index (κ2) is 3.85. The monoisotopic (exact) mass is 226 g/mol. The predicted molar refractivity (Wildman–Crippen MR) is 61.8 cm³/mol. The van der Waals surface area contributed by atoms with Crippen LogP contribution >= 0.6 is 22.9 Å². The van der Waals surface area contributed by atoms with E-state index in [1.807, 2.05) is 18.2 Å². The Hall–Kier alpha value is -0.640. The number of thiazole rings is 1. The Morgan fingerprint density at radius 3 is 3.00 bits per heavy atom. The normalized spacial score (nSPS) is 13.4. The molecule has 0 aliphatic heterocycles. The van der Waals surface area contributed by atoms with Gasteiger partial charge in [-0.1, -0.05) is 24.6 Å². The quantitative estimate of drug-likeness (QED) is 0.853. The molecular formula is C10H11ClN2S. The minimum Gasteiger partial charge on any atom is -0.322 e. The van der Waals surface area contributed by atoms with Crippen molar-refractivity contribution in [2.24, 2.45) is 5.73 Å². The van der Waals surface area contributed by atoms with Crippen molar-refractivity contribution in [1.82, 2.24) is 4.98 Å². The molecule has 0 radical (unpaired) electrons. The number of nitrogens with zero attached hydrogens (tertiary/aromatic N) is 1. The third-order valence-electron chi connectivity index (χ3n) is 2.14. The van der Waals surface area contributed by atoms with E-state index in [-0.39, 0.29) is 6.04 Å². The summed E-state index contributed by atoms with van der Waals surface area (Å²) in [4.78, 5) is 4.44. The lowest BCUT2D eigenvalue weighted by Crippen LogP contribution is -2.07. The molecule has 1 atom stereocenters. The summed E-state index contributed by atoms with van der Waals surface area (Å²) in [5.74, 6) is 0. The Morgan fingerprint density at radius 2 is 2.36 bits per heavy atom. The van der Waals surface area contributed by atoms with Crippen molar-refractivity contribution in [3.63, 3.8) is 0 Å². The maximum atomic E-state index is 6.02. The number of halogens is 1. The summed E-state index contributed by atoms with van der Waals surface area (Å²) in [7, 11) is 0. The Labute approximate surface area is 91.7 Å². The van der Waals surface area contributed by atoms with Gasteiger partial charge in [0.1, 0.15) is 10.5 Å². The van der Waals surface area contributed by atoms with Crippen LogP contribution in [-0.2, 0) is 0 Å². The molecule has 0 aliphatic rings. The Balaban J connectivity index is 2.56. The Bertz CT molecular complexity index is 452. The smallest absolute Gasteiger partial charge is 0.111 e. The molecular weight excluding hydrogens is 216 g/mol. The predicted octanol–water partition coefficient (Wildman–Crippen LogP) is 3.36. The highest BCUT2D eigenvalue weighted by atomic mass is 35.5. The number of hydrogen-bond donors (Lipinski definition) is 1. The van der Waals surface area contributed by atoms with Crippen LogP contribution in [0.1, 0.15) is 24.4 Å². The lowest BCUT2D eigenvalue weighted by atomic mass is 10.2. The van der Waals surface area contributed by atoms with Crippen LogP contribution < -0.4 is 5.73 Å². The molecule has 0 saturated heterocycles. The van der Waals surface area contributed by atoms with E-state index in [0.717, 1.165) is 21.6 Å². The van der Waals surface area contributed by atoms with Crippen molar-refractivity contribution in [2.75, 3.05) is 0 Å². The third kappa shape index (κ3) is 1.63. The summed E-state index contributed by atoms with van der Waals surface area (Å²) in [5.41, 5.74) is 6.79. The molecule has 0 bridgehead atoms. The first-order valence-corrected chi connectivity index (χ1v) is 5.72. The molecule has 0 spiro atoms. The van der Waals surface area contributed by atoms with Gasteiger partial charge in [-0.05, 0) is 18.6 Å². The van der Waals surface area contributed by atoms with Crippen LogP contribution in [0.5, 0.6) is 0 Å². The first-order valence-electron chi connectivity index (χ1n) is 4.53. The maximum absolute atomic E-state index is 6.02. The van der Waals surface area contributed by atoms with E-state index >= 15 is 0 Å². The standard InChI is InChI=1S/C10H11ClN2S/c1-2-7(12)10-13-9-6(11)4-3-5-8(9)14-10/h3-5,7H,2,12H2,1H3. The number of fused-ring (bicyclic) bond motifs is 1. The van der Waals surface area contributed by atoms with Crippen LogP contribution in [0.2, 0.25) is 5.02 Å². The van der Waals surface area contributed by atoms with Gasteiger partial charge in [0.25, 0.3) is 0 Å². The summed E-state index contributed by atoms with van der Waals surface area (Å²) in [6, 6.07) is 5.84. The minimum atomic E-state index is 0.0310. The molecule has 0 fully saturated rings. The van der Waals surface area contributed by atoms with Crippen molar-refractivity contribution in [3.8, 4) is 0 Å². The maximum Gasteiger partial charge on any atom is 0.111 e. The first kappa shape index (κ1) is 9.90. The number of hydrogen-bond acceptors (Lipinski definition) is 3. The van der Waals surface area contributed by atoms with Gasteiger partial charge in [-0.25, -0.2) is 4.98 Å². The van der Waals surface area contributed by atoms with Crippen molar-refractivity contribution in [1.29, 1.82) is 0 Å². The fourth-order valence-corrected chi connectivity index (χ4v) is 2.62. The van der Waals surface area contributed by atoms with Gasteiger partial charge in [0.15, 0.2) is 0 Å².